The summed E-state index contributed by atoms with van der Waals surface area (Å²) < 4.78 is 4.37. The van der Waals surface area contributed by atoms with Crippen molar-refractivity contribution in [2.75, 3.05) is 0 Å². The maximum atomic E-state index is 4.87. The zero-order chi connectivity index (χ0) is 17.4. The molecular formula is C19H18Cl3MnP. The first-order valence-corrected chi connectivity index (χ1v) is 14.2. The van der Waals surface area contributed by atoms with Gasteiger partial charge in [0, 0.05) is 0 Å². The second-order valence-electron chi connectivity index (χ2n) is 4.93. The molecule has 0 fully saturated rings. The van der Waals surface area contributed by atoms with Gasteiger partial charge in [-0.3, -0.25) is 0 Å². The summed E-state index contributed by atoms with van der Waals surface area (Å²) >= 11 is 12.7. The Hall–Kier alpha value is -0.521. The standard InChI is InChI=1S/3C6H5.CH3.Cl3P.Mn/c3*1-2-4-6-5-3-1;;1-4(2)3;/h3*1-5H;1H3;;. The number of hydrogen-bond donors (Lipinski definition) is 0. The molecule has 0 saturated carbocycles. The summed E-state index contributed by atoms with van der Waals surface area (Å²) in [5.74, 6) is 1.24. The van der Waals surface area contributed by atoms with E-state index in [4.69, 9.17) is 33.7 Å². The fourth-order valence-corrected chi connectivity index (χ4v) is 6.60. The molecule has 0 spiro atoms. The van der Waals surface area contributed by atoms with Crippen LogP contribution in [0.5, 0.6) is 0 Å². The Morgan fingerprint density at radius 1 is 0.542 bits per heavy atom. The summed E-state index contributed by atoms with van der Waals surface area (Å²) in [6.07, 6.45) is 0. The van der Waals surface area contributed by atoms with Crippen molar-refractivity contribution in [2.24, 2.45) is 0 Å². The van der Waals surface area contributed by atoms with Crippen LogP contribution in [0.25, 0.3) is 0 Å². The Morgan fingerprint density at radius 2 is 0.750 bits per heavy atom. The quantitative estimate of drug-likeness (QED) is 0.343. The van der Waals surface area contributed by atoms with E-state index < -0.39 is 18.8 Å². The Bertz CT molecular complexity index is 622. The molecule has 0 aliphatic carbocycles. The zero-order valence-electron chi connectivity index (χ0n) is 13.1. The van der Waals surface area contributed by atoms with E-state index in [1.165, 1.54) is 13.4 Å². The van der Waals surface area contributed by atoms with Crippen LogP contribution in [0.3, 0.4) is 0 Å². The molecule has 24 heavy (non-hydrogen) atoms. The number of rotatable bonds is 3. The van der Waals surface area contributed by atoms with Gasteiger partial charge in [0.2, 0.25) is 0 Å². The Morgan fingerprint density at radius 3 is 0.958 bits per heavy atom. The first-order chi connectivity index (χ1) is 11.5. The van der Waals surface area contributed by atoms with Crippen LogP contribution in [0, 0.1) is 0 Å². The van der Waals surface area contributed by atoms with Gasteiger partial charge in [-0.2, -0.15) is 0 Å². The van der Waals surface area contributed by atoms with Crippen LogP contribution in [0.15, 0.2) is 91.0 Å². The summed E-state index contributed by atoms with van der Waals surface area (Å²) in [7, 11) is 0. The number of halogens is 3. The third-order valence-corrected chi connectivity index (χ3v) is 8.78. The molecule has 0 amide bonds. The molecule has 0 aliphatic rings. The molecule has 0 heterocycles. The van der Waals surface area contributed by atoms with Crippen LogP contribution in [0.1, 0.15) is 0 Å². The van der Waals surface area contributed by atoms with E-state index in [2.05, 4.69) is 96.8 Å². The van der Waals surface area contributed by atoms with Crippen LogP contribution >= 0.6 is 39.7 Å². The summed E-state index contributed by atoms with van der Waals surface area (Å²) in [6.45, 7) is 0. The van der Waals surface area contributed by atoms with E-state index in [1.54, 1.807) is 0 Å². The second kappa shape index (κ2) is 9.83. The van der Waals surface area contributed by atoms with Crippen molar-refractivity contribution in [3.63, 3.8) is 0 Å². The monoisotopic (exact) mass is 437 g/mol. The molecule has 127 valence electrons. The van der Waals surface area contributed by atoms with E-state index in [0.29, 0.717) is 0 Å². The third kappa shape index (κ3) is 5.24. The Kier molecular flexibility index (Phi) is 8.11. The van der Waals surface area contributed by atoms with Crippen molar-refractivity contribution in [1.82, 2.24) is 0 Å². The first kappa shape index (κ1) is 19.8. The molecule has 0 aliphatic heterocycles. The fraction of sp³-hybridized carbons (Fsp3) is 0.0526. The Balaban J connectivity index is 0.000000471. The first-order valence-electron chi connectivity index (χ1n) is 7.18. The minimum atomic E-state index is -1.90. The van der Waals surface area contributed by atoms with E-state index in [9.17, 15) is 0 Å². The third-order valence-electron chi connectivity index (χ3n) is 3.51. The van der Waals surface area contributed by atoms with Gasteiger partial charge >= 0.3 is 123 Å². The molecule has 3 aromatic rings. The minimum absolute atomic E-state index is 1.20. The van der Waals surface area contributed by atoms with Crippen molar-refractivity contribution < 1.29 is 12.8 Å². The molecule has 0 bridgehead atoms. The Labute approximate surface area is 162 Å². The van der Waals surface area contributed by atoms with Gasteiger partial charge in [0.15, 0.2) is 5.98 Å². The van der Waals surface area contributed by atoms with E-state index in [1.807, 2.05) is 0 Å². The van der Waals surface area contributed by atoms with Crippen LogP contribution < -0.4 is 13.4 Å². The van der Waals surface area contributed by atoms with Gasteiger partial charge in [-0.15, -0.1) is 0 Å². The van der Waals surface area contributed by atoms with Crippen molar-refractivity contribution >= 4 is 53.1 Å². The summed E-state index contributed by atoms with van der Waals surface area (Å²) in [4.78, 5) is 0. The van der Waals surface area contributed by atoms with Crippen molar-refractivity contribution in [2.45, 2.75) is 5.82 Å². The zero-order valence-corrected chi connectivity index (χ0v) is 17.5. The molecule has 3 aromatic carbocycles. The molecule has 0 radical (unpaired) electrons. The normalized spacial score (nSPS) is 11.5. The molecule has 0 atom stereocenters. The van der Waals surface area contributed by atoms with Crippen molar-refractivity contribution in [3.05, 3.63) is 91.0 Å². The average molecular weight is 439 g/mol. The van der Waals surface area contributed by atoms with Gasteiger partial charge in [0.05, 0.1) is 0 Å². The van der Waals surface area contributed by atoms with Crippen LogP contribution in [-0.4, -0.2) is 0 Å². The number of hydrogen-bond acceptors (Lipinski definition) is 0. The summed E-state index contributed by atoms with van der Waals surface area (Å²) in [5.41, 5.74) is 0. The van der Waals surface area contributed by atoms with Gasteiger partial charge < -0.3 is 0 Å². The summed E-state index contributed by atoms with van der Waals surface area (Å²) in [5, 5.41) is 0. The summed E-state index contributed by atoms with van der Waals surface area (Å²) in [6, 6.07) is 32.8. The van der Waals surface area contributed by atoms with Crippen molar-refractivity contribution in [1.29, 1.82) is 0 Å². The van der Waals surface area contributed by atoms with E-state index in [0.717, 1.165) is 0 Å². The molecule has 0 N–H and O–H groups in total. The molecule has 0 unspecified atom stereocenters. The topological polar surface area (TPSA) is 0 Å². The SMILES string of the molecule is ClP(Cl)Cl.[CH3][Mn]([c]1ccccc1)([c]1ccccc1)[c]1ccccc1. The molecule has 0 saturated heterocycles. The number of benzene rings is 3. The molecule has 0 nitrogen and oxygen atoms in total. The molecule has 5 heteroatoms. The van der Waals surface area contributed by atoms with Crippen molar-refractivity contribution in [3.8, 4) is 0 Å². The second-order valence-corrected chi connectivity index (χ2v) is 14.6. The predicted octanol–water partition coefficient (Wildman–Crippen LogP) is 6.09. The van der Waals surface area contributed by atoms with Gasteiger partial charge in [-0.05, 0) is 0 Å². The van der Waals surface area contributed by atoms with Gasteiger partial charge in [-0.1, -0.05) is 33.7 Å². The van der Waals surface area contributed by atoms with Crippen LogP contribution in [0.2, 0.25) is 5.82 Å². The molecule has 3 rings (SSSR count). The van der Waals surface area contributed by atoms with Crippen LogP contribution in [0.4, 0.5) is 0 Å². The molecule has 0 aromatic heterocycles. The van der Waals surface area contributed by atoms with E-state index in [-0.39, 0.29) is 0 Å². The van der Waals surface area contributed by atoms with Gasteiger partial charge in [-0.25, -0.2) is 0 Å². The van der Waals surface area contributed by atoms with Crippen LogP contribution in [-0.2, 0) is 12.8 Å². The van der Waals surface area contributed by atoms with E-state index >= 15 is 0 Å². The van der Waals surface area contributed by atoms with Gasteiger partial charge in [0.1, 0.15) is 0 Å². The fourth-order valence-electron chi connectivity index (χ4n) is 2.38. The molecular weight excluding hydrogens is 420 g/mol. The van der Waals surface area contributed by atoms with Gasteiger partial charge in [0.25, 0.3) is 0 Å². The average Bonchev–Trinajstić information content (AvgIpc) is 2.63. The predicted molar refractivity (Wildman–Crippen MR) is 109 cm³/mol. The maximum absolute atomic E-state index is 4.87.